The van der Waals surface area contributed by atoms with E-state index >= 15 is 0 Å². The molecule has 3 aromatic rings. The predicted octanol–water partition coefficient (Wildman–Crippen LogP) is 7.64. The fourth-order valence-corrected chi connectivity index (χ4v) is 3.83. The van der Waals surface area contributed by atoms with Crippen molar-refractivity contribution in [1.82, 2.24) is 9.78 Å². The number of para-hydroxylation sites is 1. The second kappa shape index (κ2) is 12.1. The number of Topliss-reactive ketones (excluding diaryl/α,β-unsaturated/α-hetero) is 1. The predicted molar refractivity (Wildman–Crippen MR) is 125 cm³/mol. The molecule has 0 bridgehead atoms. The van der Waals surface area contributed by atoms with Crippen molar-refractivity contribution in [3.8, 4) is 16.9 Å². The van der Waals surface area contributed by atoms with Gasteiger partial charge in [-0.1, -0.05) is 107 Å². The van der Waals surface area contributed by atoms with Crippen molar-refractivity contribution in [3.05, 3.63) is 72.4 Å². The zero-order valence-corrected chi connectivity index (χ0v) is 18.2. The molecule has 0 saturated carbocycles. The van der Waals surface area contributed by atoms with Crippen molar-refractivity contribution in [2.45, 2.75) is 71.1 Å². The number of hydrogen-bond donors (Lipinski definition) is 0. The van der Waals surface area contributed by atoms with Gasteiger partial charge in [-0.25, -0.2) is 4.68 Å². The van der Waals surface area contributed by atoms with Crippen LogP contribution in [0.15, 0.2) is 66.9 Å². The Balaban J connectivity index is 1.60. The molecule has 0 N–H and O–H groups in total. The van der Waals surface area contributed by atoms with Crippen molar-refractivity contribution in [1.29, 1.82) is 0 Å². The first-order valence-corrected chi connectivity index (χ1v) is 11.5. The SMILES string of the molecule is CCCCCCCCCCCC(=O)c1cn(-c2ccccc2)nc1-c1ccccc1. The van der Waals surface area contributed by atoms with Crippen LogP contribution in [0.4, 0.5) is 0 Å². The summed E-state index contributed by atoms with van der Waals surface area (Å²) in [6.45, 7) is 2.25. The van der Waals surface area contributed by atoms with Gasteiger partial charge in [0.1, 0.15) is 5.69 Å². The highest BCUT2D eigenvalue weighted by Crippen LogP contribution is 2.25. The number of hydrogen-bond acceptors (Lipinski definition) is 2. The van der Waals surface area contributed by atoms with Gasteiger partial charge in [0.05, 0.1) is 11.3 Å². The molecule has 3 heteroatoms. The van der Waals surface area contributed by atoms with Crippen molar-refractivity contribution in [2.24, 2.45) is 0 Å². The smallest absolute Gasteiger partial charge is 0.166 e. The van der Waals surface area contributed by atoms with Crippen LogP contribution < -0.4 is 0 Å². The van der Waals surface area contributed by atoms with Crippen LogP contribution in [0, 0.1) is 0 Å². The molecule has 1 aromatic heterocycles. The number of rotatable bonds is 13. The Bertz CT molecular complexity index is 884. The Morgan fingerprint density at radius 3 is 1.97 bits per heavy atom. The molecule has 158 valence electrons. The van der Waals surface area contributed by atoms with Crippen LogP contribution in [-0.4, -0.2) is 15.6 Å². The summed E-state index contributed by atoms with van der Waals surface area (Å²) < 4.78 is 1.83. The Labute approximate surface area is 181 Å². The fourth-order valence-electron chi connectivity index (χ4n) is 3.83. The Morgan fingerprint density at radius 1 is 0.767 bits per heavy atom. The summed E-state index contributed by atoms with van der Waals surface area (Å²) in [7, 11) is 0. The van der Waals surface area contributed by atoms with Crippen LogP contribution in [0.3, 0.4) is 0 Å². The minimum atomic E-state index is 0.193. The first-order chi connectivity index (χ1) is 14.8. The summed E-state index contributed by atoms with van der Waals surface area (Å²) in [5.41, 5.74) is 3.46. The third kappa shape index (κ3) is 6.41. The van der Waals surface area contributed by atoms with E-state index in [9.17, 15) is 4.79 Å². The standard InChI is InChI=1S/C27H34N2O/c1-2-3-4-5-6-7-8-9-16-21-26(30)25-22-29(24-19-14-11-15-20-24)28-27(25)23-17-12-10-13-18-23/h10-15,17-20,22H,2-9,16,21H2,1H3. The molecule has 0 aliphatic heterocycles. The topological polar surface area (TPSA) is 34.9 Å². The lowest BCUT2D eigenvalue weighted by Gasteiger charge is -2.03. The maximum atomic E-state index is 13.0. The number of nitrogens with zero attached hydrogens (tertiary/aromatic N) is 2. The Morgan fingerprint density at radius 2 is 1.33 bits per heavy atom. The molecule has 2 aromatic carbocycles. The van der Waals surface area contributed by atoms with Crippen molar-refractivity contribution < 1.29 is 4.79 Å². The molecule has 3 nitrogen and oxygen atoms in total. The molecule has 0 amide bonds. The molecule has 3 rings (SSSR count). The maximum Gasteiger partial charge on any atom is 0.166 e. The van der Waals surface area contributed by atoms with Crippen LogP contribution in [0.1, 0.15) is 81.5 Å². The van der Waals surface area contributed by atoms with Crippen LogP contribution in [-0.2, 0) is 0 Å². The third-order valence-electron chi connectivity index (χ3n) is 5.59. The normalized spacial score (nSPS) is 11.0. The van der Waals surface area contributed by atoms with Gasteiger partial charge >= 0.3 is 0 Å². The highest BCUT2D eigenvalue weighted by Gasteiger charge is 2.18. The Kier molecular flexibility index (Phi) is 8.89. The summed E-state index contributed by atoms with van der Waals surface area (Å²) in [5.74, 6) is 0.193. The summed E-state index contributed by atoms with van der Waals surface area (Å²) in [6, 6.07) is 20.0. The number of carbonyl (C=O) groups is 1. The summed E-state index contributed by atoms with van der Waals surface area (Å²) in [5, 5.41) is 4.76. The molecule has 0 saturated heterocycles. The lowest BCUT2D eigenvalue weighted by atomic mass is 10.0. The number of unbranched alkanes of at least 4 members (excludes halogenated alkanes) is 8. The van der Waals surface area contributed by atoms with Gasteiger partial charge < -0.3 is 0 Å². The van der Waals surface area contributed by atoms with Crippen molar-refractivity contribution in [3.63, 3.8) is 0 Å². The van der Waals surface area contributed by atoms with Crippen LogP contribution in [0.5, 0.6) is 0 Å². The van der Waals surface area contributed by atoms with Gasteiger partial charge in [0.15, 0.2) is 5.78 Å². The number of benzene rings is 2. The molecule has 0 fully saturated rings. The number of aromatic nitrogens is 2. The average molecular weight is 403 g/mol. The summed E-state index contributed by atoms with van der Waals surface area (Å²) >= 11 is 0. The lowest BCUT2D eigenvalue weighted by Crippen LogP contribution is -2.00. The van der Waals surface area contributed by atoms with E-state index in [1.165, 1.54) is 44.9 Å². The Hall–Kier alpha value is -2.68. The number of carbonyl (C=O) groups excluding carboxylic acids is 1. The first kappa shape index (κ1) is 22.0. The van der Waals surface area contributed by atoms with E-state index in [4.69, 9.17) is 5.10 Å². The minimum Gasteiger partial charge on any atom is -0.294 e. The quantitative estimate of drug-likeness (QED) is 0.217. The average Bonchev–Trinajstić information content (AvgIpc) is 3.25. The van der Waals surface area contributed by atoms with Crippen LogP contribution in [0.25, 0.3) is 16.9 Å². The first-order valence-electron chi connectivity index (χ1n) is 11.5. The summed E-state index contributed by atoms with van der Waals surface area (Å²) in [6.07, 6.45) is 13.8. The van der Waals surface area contributed by atoms with E-state index in [2.05, 4.69) is 6.92 Å². The second-order valence-corrected chi connectivity index (χ2v) is 8.04. The van der Waals surface area contributed by atoms with E-state index < -0.39 is 0 Å². The highest BCUT2D eigenvalue weighted by atomic mass is 16.1. The van der Waals surface area contributed by atoms with Crippen LogP contribution >= 0.6 is 0 Å². The third-order valence-corrected chi connectivity index (χ3v) is 5.59. The van der Waals surface area contributed by atoms with Gasteiger partial charge in [0.25, 0.3) is 0 Å². The van der Waals surface area contributed by atoms with Crippen LogP contribution in [0.2, 0.25) is 0 Å². The molecule has 0 unspecified atom stereocenters. The van der Waals surface area contributed by atoms with Gasteiger partial charge in [-0.3, -0.25) is 4.79 Å². The van der Waals surface area contributed by atoms with Gasteiger partial charge in [-0.15, -0.1) is 0 Å². The van der Waals surface area contributed by atoms with E-state index in [1.807, 2.05) is 71.5 Å². The minimum absolute atomic E-state index is 0.193. The van der Waals surface area contributed by atoms with Gasteiger partial charge in [-0.2, -0.15) is 5.10 Å². The maximum absolute atomic E-state index is 13.0. The zero-order chi connectivity index (χ0) is 21.0. The molecule has 1 heterocycles. The molecule has 0 atom stereocenters. The van der Waals surface area contributed by atoms with E-state index in [0.29, 0.717) is 6.42 Å². The molecular weight excluding hydrogens is 368 g/mol. The van der Waals surface area contributed by atoms with E-state index in [1.54, 1.807) is 0 Å². The molecule has 0 spiro atoms. The largest absolute Gasteiger partial charge is 0.294 e. The molecule has 30 heavy (non-hydrogen) atoms. The second-order valence-electron chi connectivity index (χ2n) is 8.04. The van der Waals surface area contributed by atoms with Gasteiger partial charge in [0.2, 0.25) is 0 Å². The van der Waals surface area contributed by atoms with E-state index in [0.717, 1.165) is 35.3 Å². The lowest BCUT2D eigenvalue weighted by molar-refractivity contribution is 0.0979. The monoisotopic (exact) mass is 402 g/mol. The molecule has 0 aliphatic rings. The fraction of sp³-hybridized carbons (Fsp3) is 0.407. The highest BCUT2D eigenvalue weighted by molar-refractivity contribution is 6.01. The van der Waals surface area contributed by atoms with E-state index in [-0.39, 0.29) is 5.78 Å². The zero-order valence-electron chi connectivity index (χ0n) is 18.2. The van der Waals surface area contributed by atoms with Gasteiger partial charge in [-0.05, 0) is 18.6 Å². The number of ketones is 1. The van der Waals surface area contributed by atoms with Gasteiger partial charge in [0, 0.05) is 18.2 Å². The summed E-state index contributed by atoms with van der Waals surface area (Å²) in [4.78, 5) is 13.0. The molecule has 0 radical (unpaired) electrons. The molecular formula is C27H34N2O. The van der Waals surface area contributed by atoms with Crippen molar-refractivity contribution >= 4 is 5.78 Å². The molecule has 0 aliphatic carbocycles. The van der Waals surface area contributed by atoms with Crippen molar-refractivity contribution in [2.75, 3.05) is 0 Å².